The normalized spacial score (nSPS) is 12.5. The van der Waals surface area contributed by atoms with Crippen molar-refractivity contribution in [2.75, 3.05) is 26.4 Å². The van der Waals surface area contributed by atoms with Crippen LogP contribution in [0, 0.1) is 12.3 Å². The molecular formula is C15H24N4. The molecule has 19 heavy (non-hydrogen) atoms. The van der Waals surface area contributed by atoms with E-state index in [0.29, 0.717) is 5.95 Å². The zero-order chi connectivity index (χ0) is 14.2. The highest BCUT2D eigenvalue weighted by atomic mass is 15.2. The Morgan fingerprint density at radius 1 is 1.32 bits per heavy atom. The van der Waals surface area contributed by atoms with Crippen LogP contribution in [0.2, 0.25) is 0 Å². The molecule has 2 aromatic rings. The van der Waals surface area contributed by atoms with E-state index in [9.17, 15) is 0 Å². The Hall–Kier alpha value is -1.55. The van der Waals surface area contributed by atoms with Crippen LogP contribution in [0.5, 0.6) is 0 Å². The summed E-state index contributed by atoms with van der Waals surface area (Å²) < 4.78 is 2.12. The summed E-state index contributed by atoms with van der Waals surface area (Å²) in [6, 6.07) is 6.31. The van der Waals surface area contributed by atoms with E-state index in [1.807, 2.05) is 0 Å². The van der Waals surface area contributed by atoms with Crippen molar-refractivity contribution in [3.05, 3.63) is 23.8 Å². The average Bonchev–Trinajstić information content (AvgIpc) is 2.52. The van der Waals surface area contributed by atoms with Gasteiger partial charge in [0.1, 0.15) is 0 Å². The van der Waals surface area contributed by atoms with Crippen molar-refractivity contribution >= 4 is 17.0 Å². The second-order valence-electron chi connectivity index (χ2n) is 6.45. The minimum absolute atomic E-state index is 0.149. The molecule has 0 aliphatic heterocycles. The highest BCUT2D eigenvalue weighted by Gasteiger charge is 2.22. The molecule has 4 nitrogen and oxygen atoms in total. The summed E-state index contributed by atoms with van der Waals surface area (Å²) in [5.74, 6) is 0.604. The molecule has 0 aliphatic carbocycles. The standard InChI is InChI=1S/C15H24N4/c1-11-6-7-13-12(8-11)17-14(16)19(13)10-15(2,3)9-18(4)5/h6-8H,9-10H2,1-5H3,(H2,16,17). The van der Waals surface area contributed by atoms with Crippen LogP contribution in [0.3, 0.4) is 0 Å². The molecule has 104 valence electrons. The second-order valence-corrected chi connectivity index (χ2v) is 6.45. The van der Waals surface area contributed by atoms with Crippen LogP contribution in [0.4, 0.5) is 5.95 Å². The Balaban J connectivity index is 2.37. The van der Waals surface area contributed by atoms with Gasteiger partial charge in [-0.25, -0.2) is 4.98 Å². The van der Waals surface area contributed by atoms with Crippen LogP contribution in [0.15, 0.2) is 18.2 Å². The Labute approximate surface area is 115 Å². The van der Waals surface area contributed by atoms with Crippen LogP contribution in [0.25, 0.3) is 11.0 Å². The molecule has 2 rings (SSSR count). The number of hydrogen-bond acceptors (Lipinski definition) is 3. The number of anilines is 1. The molecular weight excluding hydrogens is 236 g/mol. The highest BCUT2D eigenvalue weighted by Crippen LogP contribution is 2.25. The maximum absolute atomic E-state index is 6.08. The van der Waals surface area contributed by atoms with E-state index in [1.165, 1.54) is 5.56 Å². The Bertz CT molecular complexity index is 581. The van der Waals surface area contributed by atoms with Crippen LogP contribution < -0.4 is 5.73 Å². The molecule has 1 aromatic heterocycles. The molecule has 0 aliphatic rings. The summed E-state index contributed by atoms with van der Waals surface area (Å²) in [5, 5.41) is 0. The number of hydrogen-bond donors (Lipinski definition) is 1. The quantitative estimate of drug-likeness (QED) is 0.919. The first-order chi connectivity index (χ1) is 8.78. The lowest BCUT2D eigenvalue weighted by atomic mass is 9.92. The van der Waals surface area contributed by atoms with Gasteiger partial charge in [0.15, 0.2) is 0 Å². The first-order valence-corrected chi connectivity index (χ1v) is 6.66. The number of nitrogens with zero attached hydrogens (tertiary/aromatic N) is 3. The number of aryl methyl sites for hydroxylation is 1. The molecule has 0 bridgehead atoms. The van der Waals surface area contributed by atoms with Crippen LogP contribution in [-0.2, 0) is 6.54 Å². The van der Waals surface area contributed by atoms with Gasteiger partial charge in [-0.05, 0) is 44.1 Å². The number of fused-ring (bicyclic) bond motifs is 1. The Morgan fingerprint density at radius 2 is 2.00 bits per heavy atom. The molecule has 1 aromatic carbocycles. The van der Waals surface area contributed by atoms with Crippen molar-refractivity contribution < 1.29 is 0 Å². The SMILES string of the molecule is Cc1ccc2c(c1)nc(N)n2CC(C)(C)CN(C)C. The van der Waals surface area contributed by atoms with E-state index in [2.05, 4.69) is 67.5 Å². The Morgan fingerprint density at radius 3 is 2.63 bits per heavy atom. The average molecular weight is 260 g/mol. The molecule has 0 amide bonds. The molecule has 0 radical (unpaired) electrons. The van der Waals surface area contributed by atoms with Crippen molar-refractivity contribution in [2.24, 2.45) is 5.41 Å². The molecule has 0 atom stereocenters. The van der Waals surface area contributed by atoms with Crippen LogP contribution in [0.1, 0.15) is 19.4 Å². The predicted molar refractivity (Wildman–Crippen MR) is 81.2 cm³/mol. The minimum Gasteiger partial charge on any atom is -0.369 e. The van der Waals surface area contributed by atoms with Crippen molar-refractivity contribution in [2.45, 2.75) is 27.3 Å². The molecule has 2 N–H and O–H groups in total. The number of nitrogen functional groups attached to an aromatic ring is 1. The fraction of sp³-hybridized carbons (Fsp3) is 0.533. The molecule has 0 fully saturated rings. The van der Waals surface area contributed by atoms with Crippen LogP contribution >= 0.6 is 0 Å². The smallest absolute Gasteiger partial charge is 0.201 e. The van der Waals surface area contributed by atoms with Gasteiger partial charge in [-0.2, -0.15) is 0 Å². The first kappa shape index (κ1) is 13.9. The summed E-state index contributed by atoms with van der Waals surface area (Å²) >= 11 is 0. The highest BCUT2D eigenvalue weighted by molar-refractivity contribution is 5.79. The number of benzene rings is 1. The van der Waals surface area contributed by atoms with Crippen molar-refractivity contribution in [1.82, 2.24) is 14.5 Å². The number of nitrogens with two attached hydrogens (primary N) is 1. The molecule has 0 saturated heterocycles. The van der Waals surface area contributed by atoms with Gasteiger partial charge >= 0.3 is 0 Å². The van der Waals surface area contributed by atoms with E-state index in [4.69, 9.17) is 5.73 Å². The number of imidazole rings is 1. The van der Waals surface area contributed by atoms with Gasteiger partial charge in [-0.3, -0.25) is 0 Å². The fourth-order valence-electron chi connectivity index (χ4n) is 2.76. The van der Waals surface area contributed by atoms with Gasteiger partial charge in [0.05, 0.1) is 11.0 Å². The monoisotopic (exact) mass is 260 g/mol. The summed E-state index contributed by atoms with van der Waals surface area (Å²) in [6.07, 6.45) is 0. The molecule has 0 saturated carbocycles. The first-order valence-electron chi connectivity index (χ1n) is 6.66. The lowest BCUT2D eigenvalue weighted by Gasteiger charge is -2.29. The lowest BCUT2D eigenvalue weighted by Crippen LogP contribution is -2.32. The summed E-state index contributed by atoms with van der Waals surface area (Å²) in [7, 11) is 4.20. The molecule has 0 spiro atoms. The van der Waals surface area contributed by atoms with Gasteiger partial charge < -0.3 is 15.2 Å². The van der Waals surface area contributed by atoms with Gasteiger partial charge in [0.25, 0.3) is 0 Å². The second kappa shape index (κ2) is 4.85. The van der Waals surface area contributed by atoms with Crippen molar-refractivity contribution in [3.63, 3.8) is 0 Å². The summed E-state index contributed by atoms with van der Waals surface area (Å²) in [6.45, 7) is 8.47. The maximum Gasteiger partial charge on any atom is 0.201 e. The van der Waals surface area contributed by atoms with Crippen molar-refractivity contribution in [1.29, 1.82) is 0 Å². The number of aromatic nitrogens is 2. The van der Waals surface area contributed by atoms with Gasteiger partial charge in [0, 0.05) is 13.1 Å². The third-order valence-corrected chi connectivity index (χ3v) is 3.26. The largest absolute Gasteiger partial charge is 0.369 e. The van der Waals surface area contributed by atoms with Gasteiger partial charge in [-0.1, -0.05) is 19.9 Å². The minimum atomic E-state index is 0.149. The van der Waals surface area contributed by atoms with Crippen LogP contribution in [-0.4, -0.2) is 35.1 Å². The maximum atomic E-state index is 6.08. The predicted octanol–water partition coefficient (Wildman–Crippen LogP) is 2.51. The summed E-state index contributed by atoms with van der Waals surface area (Å²) in [5.41, 5.74) is 9.55. The lowest BCUT2D eigenvalue weighted by molar-refractivity contribution is 0.214. The molecule has 1 heterocycles. The van der Waals surface area contributed by atoms with Crippen molar-refractivity contribution in [3.8, 4) is 0 Å². The van der Waals surface area contributed by atoms with E-state index in [-0.39, 0.29) is 5.41 Å². The van der Waals surface area contributed by atoms with Gasteiger partial charge in [0.2, 0.25) is 5.95 Å². The Kier molecular flexibility index (Phi) is 3.54. The topological polar surface area (TPSA) is 47.1 Å². The number of rotatable bonds is 4. The van der Waals surface area contributed by atoms with E-state index in [0.717, 1.165) is 24.1 Å². The molecule has 4 heteroatoms. The third-order valence-electron chi connectivity index (χ3n) is 3.26. The summed E-state index contributed by atoms with van der Waals surface area (Å²) in [4.78, 5) is 6.67. The zero-order valence-corrected chi connectivity index (χ0v) is 12.6. The van der Waals surface area contributed by atoms with E-state index in [1.54, 1.807) is 0 Å². The third kappa shape index (κ3) is 3.07. The van der Waals surface area contributed by atoms with E-state index >= 15 is 0 Å². The molecule has 0 unspecified atom stereocenters. The van der Waals surface area contributed by atoms with Gasteiger partial charge in [-0.15, -0.1) is 0 Å². The zero-order valence-electron chi connectivity index (χ0n) is 12.6. The van der Waals surface area contributed by atoms with E-state index < -0.39 is 0 Å². The fourth-order valence-corrected chi connectivity index (χ4v) is 2.76.